The summed E-state index contributed by atoms with van der Waals surface area (Å²) in [7, 11) is 0. The average Bonchev–Trinajstić information content (AvgIpc) is 3.51. The fourth-order valence-corrected chi connectivity index (χ4v) is 13.0. The Morgan fingerprint density at radius 1 is 0.778 bits per heavy atom. The van der Waals surface area contributed by atoms with Crippen LogP contribution in [0.15, 0.2) is 11.6 Å². The van der Waals surface area contributed by atoms with Gasteiger partial charge < -0.3 is 64.9 Å². The molecule has 4 aliphatic carbocycles. The normalized spacial score (nSPS) is 51.9. The highest BCUT2D eigenvalue weighted by atomic mass is 16.7. The van der Waals surface area contributed by atoms with Gasteiger partial charge in [-0.1, -0.05) is 46.3 Å². The van der Waals surface area contributed by atoms with E-state index in [1.807, 2.05) is 19.9 Å². The Bertz CT molecular complexity index is 1350. The molecular weight excluding hydrogens is 700 g/mol. The lowest BCUT2D eigenvalue weighted by Gasteiger charge is -2.70. The monoisotopic (exact) mass is 770 g/mol. The van der Waals surface area contributed by atoms with Crippen LogP contribution in [0.4, 0.5) is 0 Å². The minimum Gasteiger partial charge on any atom is -0.393 e. The van der Waals surface area contributed by atoms with Gasteiger partial charge in [0.2, 0.25) is 0 Å². The van der Waals surface area contributed by atoms with Crippen LogP contribution in [-0.2, 0) is 18.9 Å². The van der Waals surface area contributed by atoms with Gasteiger partial charge in [0, 0.05) is 0 Å². The van der Waals surface area contributed by atoms with Gasteiger partial charge in [-0.05, 0) is 117 Å². The van der Waals surface area contributed by atoms with Gasteiger partial charge in [-0.25, -0.2) is 0 Å². The second-order valence-corrected chi connectivity index (χ2v) is 19.6. The molecule has 54 heavy (non-hydrogen) atoms. The molecule has 0 spiro atoms. The van der Waals surface area contributed by atoms with Gasteiger partial charge in [-0.15, -0.1) is 0 Å². The molecule has 4 saturated carbocycles. The molecule has 0 bridgehead atoms. The van der Waals surface area contributed by atoms with Crippen molar-refractivity contribution in [2.24, 2.45) is 45.3 Å². The molecule has 0 aromatic heterocycles. The summed E-state index contributed by atoms with van der Waals surface area (Å²) in [6.45, 7) is 14.7. The maximum absolute atomic E-state index is 12.4. The Morgan fingerprint density at radius 3 is 2.13 bits per heavy atom. The molecule has 312 valence electrons. The van der Waals surface area contributed by atoms with Gasteiger partial charge in [0.15, 0.2) is 12.6 Å². The van der Waals surface area contributed by atoms with Crippen LogP contribution in [-0.4, -0.2) is 139 Å². The third-order valence-electron chi connectivity index (χ3n) is 16.5. The van der Waals surface area contributed by atoms with Crippen LogP contribution in [0, 0.1) is 45.3 Å². The van der Waals surface area contributed by atoms with Crippen molar-refractivity contribution >= 4 is 0 Å². The lowest BCUT2D eigenvalue weighted by atomic mass is 9.35. The van der Waals surface area contributed by atoms with E-state index in [1.54, 1.807) is 0 Å². The molecule has 0 radical (unpaired) electrons. The molecule has 0 amide bonds. The van der Waals surface area contributed by atoms with Gasteiger partial charge in [-0.3, -0.25) is 0 Å². The van der Waals surface area contributed by atoms with Crippen molar-refractivity contribution in [3.8, 4) is 0 Å². The van der Waals surface area contributed by atoms with Gasteiger partial charge >= 0.3 is 0 Å². The predicted octanol–water partition coefficient (Wildman–Crippen LogP) is 1.76. The molecule has 9 N–H and O–H groups in total. The Balaban J connectivity index is 1.27. The summed E-state index contributed by atoms with van der Waals surface area (Å²) in [5.74, 6) is 0.307. The lowest BCUT2D eigenvalue weighted by Crippen LogP contribution is -2.67. The van der Waals surface area contributed by atoms with E-state index in [2.05, 4.69) is 34.6 Å². The van der Waals surface area contributed by atoms with Crippen LogP contribution < -0.4 is 0 Å². The van der Waals surface area contributed by atoms with E-state index in [1.165, 1.54) is 0 Å². The van der Waals surface area contributed by atoms with E-state index in [4.69, 9.17) is 18.9 Å². The number of hydrogen-bond donors (Lipinski definition) is 9. The number of aliphatic hydroxyl groups is 9. The lowest BCUT2D eigenvalue weighted by molar-refractivity contribution is -0.345. The van der Waals surface area contributed by atoms with E-state index in [9.17, 15) is 46.0 Å². The first kappa shape index (κ1) is 42.8. The standard InChI is InChI=1S/C41H70O13/c1-21(18-42)9-8-13-41(7,54-36-34(50)32(48)31(47)25(53-36)20-52-35-33(49)30(46)24(44)19-51-35)22-10-15-40(6)29(22)23(43)17-27-38(4)14-12-28(45)37(2,3)26(38)11-16-39(27,40)5/h9,22-36,42-50H,8,10-20H2,1-7H3/b21-9+/t22?,23?,24-,25-,26?,27?,28?,29?,30+,31-,32-,33-,34-,35-,36+,38?,39?,40?,41?/m1/s1. The van der Waals surface area contributed by atoms with Crippen molar-refractivity contribution in [1.82, 2.24) is 0 Å². The molecule has 10 unspecified atom stereocenters. The van der Waals surface area contributed by atoms with Crippen molar-refractivity contribution < 1.29 is 64.9 Å². The molecular formula is C41H70O13. The molecule has 13 heteroatoms. The molecule has 6 rings (SSSR count). The zero-order valence-corrected chi connectivity index (χ0v) is 33.4. The number of ether oxygens (including phenoxy) is 4. The van der Waals surface area contributed by atoms with Crippen molar-refractivity contribution in [3.63, 3.8) is 0 Å². The van der Waals surface area contributed by atoms with Crippen molar-refractivity contribution in [1.29, 1.82) is 0 Å². The maximum atomic E-state index is 12.4. The summed E-state index contributed by atoms with van der Waals surface area (Å²) in [5, 5.41) is 96.8. The van der Waals surface area contributed by atoms with Crippen molar-refractivity contribution in [3.05, 3.63) is 11.6 Å². The summed E-state index contributed by atoms with van der Waals surface area (Å²) in [6, 6.07) is 0. The highest BCUT2D eigenvalue weighted by Crippen LogP contribution is 2.76. The molecule has 0 aromatic rings. The molecule has 6 aliphatic rings. The minimum absolute atomic E-state index is 0.0279. The third-order valence-corrected chi connectivity index (χ3v) is 16.5. The van der Waals surface area contributed by atoms with Gasteiger partial charge in [-0.2, -0.15) is 0 Å². The number of rotatable bonds is 10. The van der Waals surface area contributed by atoms with Gasteiger partial charge in [0.25, 0.3) is 0 Å². The summed E-state index contributed by atoms with van der Waals surface area (Å²) in [5.41, 5.74) is -0.744. The fraction of sp³-hybridized carbons (Fsp3) is 0.951. The predicted molar refractivity (Wildman–Crippen MR) is 196 cm³/mol. The first-order valence-corrected chi connectivity index (χ1v) is 20.4. The quantitative estimate of drug-likeness (QED) is 0.145. The first-order valence-electron chi connectivity index (χ1n) is 20.4. The molecule has 19 atom stereocenters. The van der Waals surface area contributed by atoms with Crippen molar-refractivity contribution in [2.45, 2.75) is 179 Å². The van der Waals surface area contributed by atoms with Gasteiger partial charge in [0.1, 0.15) is 42.7 Å². The van der Waals surface area contributed by atoms with E-state index >= 15 is 0 Å². The number of aliphatic hydroxyl groups excluding tert-OH is 9. The largest absolute Gasteiger partial charge is 0.393 e. The van der Waals surface area contributed by atoms with E-state index in [0.29, 0.717) is 25.2 Å². The molecule has 2 saturated heterocycles. The van der Waals surface area contributed by atoms with Crippen LogP contribution in [0.3, 0.4) is 0 Å². The topological polar surface area (TPSA) is 219 Å². The molecule has 2 heterocycles. The SMILES string of the molecule is C/C(=C\CCC(C)(O[C@@H]1O[C@H](CO[C@H]2OC[C@@H](O)[C@H](O)[C@H]2O)[C@@H](O)[C@@H](O)[C@H]1O)C1CCC2(C)C1C(O)CC1C3(C)CCC(O)C(C)(C)C3CCC12C)CO. The second-order valence-electron chi connectivity index (χ2n) is 19.6. The van der Waals surface area contributed by atoms with E-state index < -0.39 is 67.0 Å². The van der Waals surface area contributed by atoms with Crippen LogP contribution in [0.1, 0.15) is 106 Å². The van der Waals surface area contributed by atoms with Crippen LogP contribution in [0.5, 0.6) is 0 Å². The third kappa shape index (κ3) is 6.96. The number of fused-ring (bicyclic) bond motifs is 5. The Hall–Kier alpha value is -0.780. The Morgan fingerprint density at radius 2 is 1.44 bits per heavy atom. The van der Waals surface area contributed by atoms with E-state index in [0.717, 1.165) is 44.1 Å². The Kier molecular flexibility index (Phi) is 12.2. The smallest absolute Gasteiger partial charge is 0.187 e. The summed E-state index contributed by atoms with van der Waals surface area (Å²) in [4.78, 5) is 0. The molecule has 2 aliphatic heterocycles. The first-order chi connectivity index (χ1) is 25.2. The van der Waals surface area contributed by atoms with Crippen LogP contribution >= 0.6 is 0 Å². The fourth-order valence-electron chi connectivity index (χ4n) is 13.0. The zero-order valence-electron chi connectivity index (χ0n) is 33.4. The van der Waals surface area contributed by atoms with Crippen LogP contribution in [0.2, 0.25) is 0 Å². The second kappa shape index (κ2) is 15.4. The van der Waals surface area contributed by atoms with Crippen molar-refractivity contribution in [2.75, 3.05) is 19.8 Å². The molecule has 13 nitrogen and oxygen atoms in total. The maximum Gasteiger partial charge on any atom is 0.187 e. The summed E-state index contributed by atoms with van der Waals surface area (Å²) < 4.78 is 24.0. The highest BCUT2D eigenvalue weighted by Gasteiger charge is 2.71. The summed E-state index contributed by atoms with van der Waals surface area (Å²) in [6.07, 6.45) is -5.15. The summed E-state index contributed by atoms with van der Waals surface area (Å²) >= 11 is 0. The Labute approximate surface area is 320 Å². The van der Waals surface area contributed by atoms with Gasteiger partial charge in [0.05, 0.1) is 37.6 Å². The van der Waals surface area contributed by atoms with Crippen LogP contribution in [0.25, 0.3) is 0 Å². The molecule has 6 fully saturated rings. The minimum atomic E-state index is -1.66. The number of hydrogen-bond acceptors (Lipinski definition) is 13. The van der Waals surface area contributed by atoms with E-state index in [-0.39, 0.29) is 65.3 Å². The molecule has 0 aromatic carbocycles. The number of allylic oxidation sites excluding steroid dienone is 1. The zero-order chi connectivity index (χ0) is 39.8. The average molecular weight is 771 g/mol. The highest BCUT2D eigenvalue weighted by molar-refractivity contribution is 5.20.